The van der Waals surface area contributed by atoms with Crippen LogP contribution in [0.4, 0.5) is 0 Å². The minimum absolute atomic E-state index is 0.0208. The molecule has 1 aliphatic heterocycles. The second-order valence-electron chi connectivity index (χ2n) is 7.47. The van der Waals surface area contributed by atoms with E-state index in [0.717, 1.165) is 50.5 Å². The quantitative estimate of drug-likeness (QED) is 0.859. The van der Waals surface area contributed by atoms with Crippen LogP contribution in [0.3, 0.4) is 0 Å². The number of imide groups is 1. The van der Waals surface area contributed by atoms with Crippen molar-refractivity contribution in [3.05, 3.63) is 35.4 Å². The van der Waals surface area contributed by atoms with E-state index in [4.69, 9.17) is 0 Å². The summed E-state index contributed by atoms with van der Waals surface area (Å²) >= 11 is 0. The molecule has 1 N–H and O–H groups in total. The maximum atomic E-state index is 12.5. The molecule has 1 saturated carbocycles. The molecule has 0 bridgehead atoms. The van der Waals surface area contributed by atoms with Crippen molar-refractivity contribution >= 4 is 17.7 Å². The number of nitrogens with zero attached hydrogens (tertiary/aromatic N) is 1. The Hall–Kier alpha value is -2.17. The standard InChI is InChI=1S/C20H24N2O3/c23-18(21-17-11-5-7-13-6-1-2-8-14(13)17)12-22-19(24)15-9-3-4-10-16(15)20(22)25/h1-2,6,8,15-17H,3-5,7,9-12H2,(H,21,23)/t15-,16-,17-/m0/s1. The van der Waals surface area contributed by atoms with Crippen molar-refractivity contribution in [2.45, 2.75) is 51.0 Å². The largest absolute Gasteiger partial charge is 0.348 e. The summed E-state index contributed by atoms with van der Waals surface area (Å²) in [7, 11) is 0. The van der Waals surface area contributed by atoms with E-state index in [1.807, 2.05) is 12.1 Å². The molecular weight excluding hydrogens is 316 g/mol. The Bertz CT molecular complexity index is 691. The number of carbonyl (C=O) groups is 3. The first-order valence-corrected chi connectivity index (χ1v) is 9.37. The fourth-order valence-corrected chi connectivity index (χ4v) is 4.67. The molecule has 132 valence electrons. The molecule has 5 heteroatoms. The lowest BCUT2D eigenvalue weighted by molar-refractivity contribution is -0.143. The van der Waals surface area contributed by atoms with Crippen molar-refractivity contribution in [3.8, 4) is 0 Å². The third-order valence-corrected chi connectivity index (χ3v) is 5.94. The lowest BCUT2D eigenvalue weighted by Crippen LogP contribution is -2.42. The molecule has 0 spiro atoms. The van der Waals surface area contributed by atoms with Crippen LogP contribution < -0.4 is 5.32 Å². The van der Waals surface area contributed by atoms with Gasteiger partial charge in [-0.05, 0) is 43.2 Å². The van der Waals surface area contributed by atoms with Gasteiger partial charge in [-0.1, -0.05) is 37.1 Å². The fraction of sp³-hybridized carbons (Fsp3) is 0.550. The molecule has 3 aliphatic rings. The van der Waals surface area contributed by atoms with E-state index in [1.54, 1.807) is 0 Å². The summed E-state index contributed by atoms with van der Waals surface area (Å²) in [6.45, 7) is -0.136. The van der Waals surface area contributed by atoms with Crippen LogP contribution in [0.1, 0.15) is 55.7 Å². The van der Waals surface area contributed by atoms with E-state index in [1.165, 1.54) is 10.5 Å². The molecule has 5 nitrogen and oxygen atoms in total. The second kappa shape index (κ2) is 6.62. The molecule has 0 radical (unpaired) electrons. The smallest absolute Gasteiger partial charge is 0.240 e. The molecule has 1 heterocycles. The number of hydrogen-bond donors (Lipinski definition) is 1. The van der Waals surface area contributed by atoms with Crippen LogP contribution in [-0.2, 0) is 20.8 Å². The van der Waals surface area contributed by atoms with Crippen molar-refractivity contribution in [2.75, 3.05) is 6.54 Å². The zero-order chi connectivity index (χ0) is 17.4. The average molecular weight is 340 g/mol. The van der Waals surface area contributed by atoms with Gasteiger partial charge >= 0.3 is 0 Å². The molecule has 4 rings (SSSR count). The van der Waals surface area contributed by atoms with Gasteiger partial charge in [0.25, 0.3) is 0 Å². The third kappa shape index (κ3) is 2.96. The number of amides is 3. The summed E-state index contributed by atoms with van der Waals surface area (Å²) in [4.78, 5) is 38.7. The highest BCUT2D eigenvalue weighted by atomic mass is 16.2. The Balaban J connectivity index is 1.43. The molecule has 2 aliphatic carbocycles. The number of benzene rings is 1. The highest BCUT2D eigenvalue weighted by molar-refractivity contribution is 6.07. The minimum Gasteiger partial charge on any atom is -0.348 e. The number of fused-ring (bicyclic) bond motifs is 2. The number of nitrogens with one attached hydrogen (secondary N) is 1. The molecule has 3 atom stereocenters. The van der Waals surface area contributed by atoms with Gasteiger partial charge < -0.3 is 5.32 Å². The summed E-state index contributed by atoms with van der Waals surface area (Å²) < 4.78 is 0. The number of rotatable bonds is 3. The molecule has 1 aromatic rings. The van der Waals surface area contributed by atoms with Crippen LogP contribution >= 0.6 is 0 Å². The Morgan fingerprint density at radius 2 is 1.68 bits per heavy atom. The van der Waals surface area contributed by atoms with Gasteiger partial charge in [0.1, 0.15) is 6.54 Å². The van der Waals surface area contributed by atoms with Gasteiger partial charge in [0.2, 0.25) is 17.7 Å². The van der Waals surface area contributed by atoms with Gasteiger partial charge in [0.15, 0.2) is 0 Å². The number of carbonyl (C=O) groups excluding carboxylic acids is 3. The van der Waals surface area contributed by atoms with E-state index >= 15 is 0 Å². The van der Waals surface area contributed by atoms with Crippen molar-refractivity contribution in [1.29, 1.82) is 0 Å². The Morgan fingerprint density at radius 3 is 2.40 bits per heavy atom. The SMILES string of the molecule is O=C(CN1C(=O)[C@H]2CCCC[C@@H]2C1=O)N[C@H]1CCCc2ccccc21. The molecule has 0 aromatic heterocycles. The maximum Gasteiger partial charge on any atom is 0.240 e. The third-order valence-electron chi connectivity index (χ3n) is 5.94. The number of likely N-dealkylation sites (tertiary alicyclic amines) is 1. The van der Waals surface area contributed by atoms with Gasteiger partial charge in [-0.3, -0.25) is 19.3 Å². The summed E-state index contributed by atoms with van der Waals surface area (Å²) in [6, 6.07) is 8.15. The minimum atomic E-state index is -0.234. The summed E-state index contributed by atoms with van der Waals surface area (Å²) in [5, 5.41) is 3.04. The van der Waals surface area contributed by atoms with Crippen LogP contribution in [-0.4, -0.2) is 29.2 Å². The first-order chi connectivity index (χ1) is 12.1. The van der Waals surface area contributed by atoms with Gasteiger partial charge in [-0.2, -0.15) is 0 Å². The molecule has 1 aromatic carbocycles. The Kier molecular flexibility index (Phi) is 4.32. The maximum absolute atomic E-state index is 12.5. The topological polar surface area (TPSA) is 66.5 Å². The van der Waals surface area contributed by atoms with Crippen LogP contribution in [0.2, 0.25) is 0 Å². The van der Waals surface area contributed by atoms with E-state index in [0.29, 0.717) is 0 Å². The predicted octanol–water partition coefficient (Wildman–Crippen LogP) is 2.36. The number of aryl methyl sites for hydroxylation is 1. The zero-order valence-corrected chi connectivity index (χ0v) is 14.4. The molecule has 25 heavy (non-hydrogen) atoms. The first kappa shape index (κ1) is 16.3. The summed E-state index contributed by atoms with van der Waals surface area (Å²) in [5.74, 6) is -0.904. The average Bonchev–Trinajstić information content (AvgIpc) is 2.87. The van der Waals surface area contributed by atoms with Gasteiger partial charge in [0.05, 0.1) is 17.9 Å². The van der Waals surface area contributed by atoms with E-state index < -0.39 is 0 Å². The first-order valence-electron chi connectivity index (χ1n) is 9.37. The molecule has 3 amide bonds. The molecular formula is C20H24N2O3. The summed E-state index contributed by atoms with van der Waals surface area (Å²) in [5.41, 5.74) is 2.44. The highest BCUT2D eigenvalue weighted by Gasteiger charge is 2.48. The van der Waals surface area contributed by atoms with Crippen molar-refractivity contribution in [1.82, 2.24) is 10.2 Å². The van der Waals surface area contributed by atoms with Crippen LogP contribution in [0.15, 0.2) is 24.3 Å². The lowest BCUT2D eigenvalue weighted by atomic mass is 9.81. The number of hydrogen-bond acceptors (Lipinski definition) is 3. The molecule has 0 unspecified atom stereocenters. The predicted molar refractivity (Wildman–Crippen MR) is 92.4 cm³/mol. The normalized spacial score (nSPS) is 28.5. The van der Waals surface area contributed by atoms with Crippen LogP contribution in [0.25, 0.3) is 0 Å². The summed E-state index contributed by atoms with van der Waals surface area (Å²) in [6.07, 6.45) is 6.53. The zero-order valence-electron chi connectivity index (χ0n) is 14.4. The van der Waals surface area contributed by atoms with Crippen molar-refractivity contribution in [3.63, 3.8) is 0 Å². The van der Waals surface area contributed by atoms with Crippen LogP contribution in [0.5, 0.6) is 0 Å². The van der Waals surface area contributed by atoms with Gasteiger partial charge in [-0.25, -0.2) is 0 Å². The molecule has 2 fully saturated rings. The molecule has 1 saturated heterocycles. The van der Waals surface area contributed by atoms with E-state index in [-0.39, 0.29) is 42.1 Å². The Labute approximate surface area is 147 Å². The lowest BCUT2D eigenvalue weighted by Gasteiger charge is -2.27. The van der Waals surface area contributed by atoms with E-state index in [2.05, 4.69) is 17.4 Å². The van der Waals surface area contributed by atoms with Crippen LogP contribution in [0, 0.1) is 11.8 Å². The van der Waals surface area contributed by atoms with Gasteiger partial charge in [-0.15, -0.1) is 0 Å². The highest BCUT2D eigenvalue weighted by Crippen LogP contribution is 2.38. The van der Waals surface area contributed by atoms with Gasteiger partial charge in [0, 0.05) is 0 Å². The van der Waals surface area contributed by atoms with Crippen molar-refractivity contribution in [2.24, 2.45) is 11.8 Å². The fourth-order valence-electron chi connectivity index (χ4n) is 4.67. The monoisotopic (exact) mass is 340 g/mol. The Morgan fingerprint density at radius 1 is 1.00 bits per heavy atom. The second-order valence-corrected chi connectivity index (χ2v) is 7.47. The van der Waals surface area contributed by atoms with E-state index in [9.17, 15) is 14.4 Å². The van der Waals surface area contributed by atoms with Crippen molar-refractivity contribution < 1.29 is 14.4 Å².